The highest BCUT2D eigenvalue weighted by Crippen LogP contribution is 2.23. The van der Waals surface area contributed by atoms with Crippen molar-refractivity contribution in [3.8, 4) is 5.75 Å². The zero-order valence-corrected chi connectivity index (χ0v) is 13.8. The minimum atomic E-state index is -4.87. The highest BCUT2D eigenvalue weighted by atomic mass is 32.2. The molecule has 11 heteroatoms. The van der Waals surface area contributed by atoms with Crippen LogP contribution >= 0.6 is 0 Å². The van der Waals surface area contributed by atoms with Crippen molar-refractivity contribution in [2.45, 2.75) is 30.6 Å². The van der Waals surface area contributed by atoms with Crippen molar-refractivity contribution in [3.63, 3.8) is 0 Å². The fourth-order valence-corrected chi connectivity index (χ4v) is 2.44. The number of alkyl halides is 3. The Kier molecular flexibility index (Phi) is 6.20. The maximum Gasteiger partial charge on any atom is 0.573 e. The van der Waals surface area contributed by atoms with Crippen LogP contribution in [0.25, 0.3) is 0 Å². The van der Waals surface area contributed by atoms with Crippen molar-refractivity contribution >= 4 is 15.9 Å². The quantitative estimate of drug-likeness (QED) is 0.656. The molecule has 0 aliphatic carbocycles. The maximum atomic E-state index is 12.0. The first-order chi connectivity index (χ1) is 10.8. The third-order valence-electron chi connectivity index (χ3n) is 2.53. The van der Waals surface area contributed by atoms with Gasteiger partial charge < -0.3 is 15.8 Å². The van der Waals surface area contributed by atoms with Crippen molar-refractivity contribution < 1.29 is 31.1 Å². The Labute approximate surface area is 137 Å². The fraction of sp³-hybridized carbons (Fsp3) is 0.462. The van der Waals surface area contributed by atoms with E-state index in [9.17, 15) is 26.4 Å². The number of nitrogens with one attached hydrogen (secondary N) is 2. The number of rotatable bonds is 7. The van der Waals surface area contributed by atoms with Crippen molar-refractivity contribution in [1.29, 1.82) is 0 Å². The first-order valence-corrected chi connectivity index (χ1v) is 8.18. The van der Waals surface area contributed by atoms with Gasteiger partial charge in [-0.25, -0.2) is 13.1 Å². The molecule has 1 rings (SSSR count). The highest BCUT2D eigenvalue weighted by Gasteiger charge is 2.31. The summed E-state index contributed by atoms with van der Waals surface area (Å²) in [4.78, 5) is 11.2. The van der Waals surface area contributed by atoms with E-state index in [4.69, 9.17) is 5.73 Å². The summed E-state index contributed by atoms with van der Waals surface area (Å²) >= 11 is 0. The molecule has 0 bridgehead atoms. The minimum Gasteiger partial charge on any atom is -0.406 e. The first-order valence-electron chi connectivity index (χ1n) is 6.70. The summed E-state index contributed by atoms with van der Waals surface area (Å²) in [6.45, 7) is 2.99. The lowest BCUT2D eigenvalue weighted by Crippen LogP contribution is -2.47. The number of carbonyl (C=O) groups excluding carboxylic acids is 1. The molecule has 24 heavy (non-hydrogen) atoms. The Bertz CT molecular complexity index is 667. The standard InChI is InChI=1S/C13H18F3N3O4S/c1-12(2,17)8-18-11(20)7-19-24(21,22)10-5-3-9(4-6-10)23-13(14,15)16/h3-6,19H,7-8,17H2,1-2H3,(H,18,20). The lowest BCUT2D eigenvalue weighted by Gasteiger charge is -2.18. The van der Waals surface area contributed by atoms with E-state index in [1.807, 2.05) is 4.72 Å². The van der Waals surface area contributed by atoms with E-state index in [0.717, 1.165) is 24.3 Å². The van der Waals surface area contributed by atoms with Gasteiger partial charge in [0.2, 0.25) is 15.9 Å². The van der Waals surface area contributed by atoms with Gasteiger partial charge >= 0.3 is 6.36 Å². The van der Waals surface area contributed by atoms with Gasteiger partial charge in [-0.15, -0.1) is 13.2 Å². The number of nitrogens with two attached hydrogens (primary N) is 1. The molecule has 4 N–H and O–H groups in total. The van der Waals surface area contributed by atoms with Crippen LogP contribution in [0.4, 0.5) is 13.2 Å². The van der Waals surface area contributed by atoms with Crippen LogP contribution < -0.4 is 20.5 Å². The average molecular weight is 369 g/mol. The van der Waals surface area contributed by atoms with Crippen LogP contribution in [0.2, 0.25) is 0 Å². The molecule has 0 heterocycles. The fourth-order valence-electron chi connectivity index (χ4n) is 1.45. The van der Waals surface area contributed by atoms with Crippen LogP contribution in [0.3, 0.4) is 0 Å². The number of amides is 1. The van der Waals surface area contributed by atoms with E-state index >= 15 is 0 Å². The van der Waals surface area contributed by atoms with E-state index in [-0.39, 0.29) is 11.4 Å². The summed E-state index contributed by atoms with van der Waals surface area (Å²) in [5, 5.41) is 2.45. The van der Waals surface area contributed by atoms with Crippen molar-refractivity contribution in [3.05, 3.63) is 24.3 Å². The second-order valence-corrected chi connectivity index (χ2v) is 7.38. The second kappa shape index (κ2) is 7.36. The normalized spacial score (nSPS) is 12.8. The molecule has 0 aromatic heterocycles. The van der Waals surface area contributed by atoms with Crippen LogP contribution in [0.5, 0.6) is 5.75 Å². The molecule has 0 unspecified atom stereocenters. The molecule has 0 saturated heterocycles. The van der Waals surface area contributed by atoms with Crippen LogP contribution in [0, 0.1) is 0 Å². The Morgan fingerprint density at radius 3 is 2.21 bits per heavy atom. The number of sulfonamides is 1. The molecule has 1 aromatic carbocycles. The summed E-state index contributed by atoms with van der Waals surface area (Å²) in [6, 6.07) is 3.59. The molecular formula is C13H18F3N3O4S. The molecule has 136 valence electrons. The van der Waals surface area contributed by atoms with Crippen LogP contribution in [-0.4, -0.2) is 39.3 Å². The second-order valence-electron chi connectivity index (χ2n) is 5.61. The molecular weight excluding hydrogens is 351 g/mol. The lowest BCUT2D eigenvalue weighted by molar-refractivity contribution is -0.274. The van der Waals surface area contributed by atoms with Crippen molar-refractivity contribution in [2.24, 2.45) is 5.73 Å². The molecule has 7 nitrogen and oxygen atoms in total. The van der Waals surface area contributed by atoms with Crippen molar-refractivity contribution in [2.75, 3.05) is 13.1 Å². The molecule has 0 aliphatic heterocycles. The van der Waals surface area contributed by atoms with Gasteiger partial charge in [-0.2, -0.15) is 0 Å². The molecule has 1 aromatic rings. The van der Waals surface area contributed by atoms with Crippen LogP contribution in [-0.2, 0) is 14.8 Å². The van der Waals surface area contributed by atoms with Gasteiger partial charge in [0.15, 0.2) is 0 Å². The smallest absolute Gasteiger partial charge is 0.406 e. The van der Waals surface area contributed by atoms with E-state index in [0.29, 0.717) is 0 Å². The summed E-state index contributed by atoms with van der Waals surface area (Å²) < 4.78 is 65.7. The third kappa shape index (κ3) is 7.62. The van der Waals surface area contributed by atoms with Crippen LogP contribution in [0.1, 0.15) is 13.8 Å². The van der Waals surface area contributed by atoms with Gasteiger partial charge in [0.05, 0.1) is 11.4 Å². The monoisotopic (exact) mass is 369 g/mol. The van der Waals surface area contributed by atoms with Gasteiger partial charge in [0, 0.05) is 12.1 Å². The van der Waals surface area contributed by atoms with E-state index in [1.54, 1.807) is 13.8 Å². The van der Waals surface area contributed by atoms with Crippen molar-refractivity contribution in [1.82, 2.24) is 10.0 Å². The summed E-state index contributed by atoms with van der Waals surface area (Å²) in [5.41, 5.74) is 5.02. The SMILES string of the molecule is CC(C)(N)CNC(=O)CNS(=O)(=O)c1ccc(OC(F)(F)F)cc1. The molecule has 0 spiro atoms. The van der Waals surface area contributed by atoms with E-state index in [2.05, 4.69) is 10.1 Å². The number of ether oxygens (including phenoxy) is 1. The van der Waals surface area contributed by atoms with E-state index in [1.165, 1.54) is 0 Å². The molecule has 0 radical (unpaired) electrons. The molecule has 1 amide bonds. The Hall–Kier alpha value is -1.85. The number of carbonyl (C=O) groups is 1. The zero-order chi connectivity index (χ0) is 18.6. The maximum absolute atomic E-state index is 12.0. The van der Waals surface area contributed by atoms with Gasteiger partial charge in [-0.1, -0.05) is 0 Å². The predicted molar refractivity (Wildman–Crippen MR) is 79.6 cm³/mol. The summed E-state index contributed by atoms with van der Waals surface area (Å²) in [6.07, 6.45) is -4.87. The summed E-state index contributed by atoms with van der Waals surface area (Å²) in [7, 11) is -4.05. The molecule has 0 atom stereocenters. The zero-order valence-electron chi connectivity index (χ0n) is 13.0. The topological polar surface area (TPSA) is 111 Å². The van der Waals surface area contributed by atoms with Gasteiger partial charge in [0.1, 0.15) is 5.75 Å². The van der Waals surface area contributed by atoms with Gasteiger partial charge in [-0.05, 0) is 38.1 Å². The predicted octanol–water partition coefficient (Wildman–Crippen LogP) is 0.717. The third-order valence-corrected chi connectivity index (χ3v) is 3.95. The Morgan fingerprint density at radius 2 is 1.75 bits per heavy atom. The van der Waals surface area contributed by atoms with E-state index < -0.39 is 40.1 Å². The Morgan fingerprint density at radius 1 is 1.21 bits per heavy atom. The highest BCUT2D eigenvalue weighted by molar-refractivity contribution is 7.89. The first kappa shape index (κ1) is 20.2. The number of benzene rings is 1. The van der Waals surface area contributed by atoms with Gasteiger partial charge in [-0.3, -0.25) is 4.79 Å². The van der Waals surface area contributed by atoms with Gasteiger partial charge in [0.25, 0.3) is 0 Å². The number of hydrogen-bond donors (Lipinski definition) is 3. The van der Waals surface area contributed by atoms with Crippen LogP contribution in [0.15, 0.2) is 29.2 Å². The summed E-state index contributed by atoms with van der Waals surface area (Å²) in [5.74, 6) is -1.14. The number of hydrogen-bond acceptors (Lipinski definition) is 5. The molecule has 0 fully saturated rings. The molecule has 0 saturated carbocycles. The average Bonchev–Trinajstić information content (AvgIpc) is 2.41. The largest absolute Gasteiger partial charge is 0.573 e. The number of halogens is 3. The Balaban J connectivity index is 2.64. The molecule has 0 aliphatic rings. The minimum absolute atomic E-state index is 0.150. The lowest BCUT2D eigenvalue weighted by atomic mass is 10.1.